The van der Waals surface area contributed by atoms with E-state index >= 15 is 0 Å². The highest BCUT2D eigenvalue weighted by Gasteiger charge is 2.38. The molecule has 0 spiro atoms. The first-order valence-electron chi connectivity index (χ1n) is 9.07. The molecule has 0 aromatic rings. The van der Waals surface area contributed by atoms with Crippen LogP contribution < -0.4 is 5.73 Å². The number of ether oxygens (including phenoxy) is 1. The molecule has 0 bridgehead atoms. The first-order valence-corrected chi connectivity index (χ1v) is 9.07. The highest BCUT2D eigenvalue weighted by atomic mass is 16.5. The van der Waals surface area contributed by atoms with Gasteiger partial charge >= 0.3 is 0 Å². The highest BCUT2D eigenvalue weighted by molar-refractivity contribution is 4.93. The lowest BCUT2D eigenvalue weighted by molar-refractivity contribution is 0.0150. The molecule has 1 saturated carbocycles. The maximum absolute atomic E-state index is 6.07. The number of hydrogen-bond donors (Lipinski definition) is 1. The van der Waals surface area contributed by atoms with E-state index in [0.717, 1.165) is 56.8 Å². The second-order valence-corrected chi connectivity index (χ2v) is 7.24. The molecular formula is C17H33N3O. The maximum Gasteiger partial charge on any atom is 0.0594 e. The molecule has 4 atom stereocenters. The van der Waals surface area contributed by atoms with Crippen LogP contribution in [0.5, 0.6) is 0 Å². The first kappa shape index (κ1) is 15.7. The van der Waals surface area contributed by atoms with Crippen LogP contribution in [0.3, 0.4) is 0 Å². The minimum atomic E-state index is 0.733. The van der Waals surface area contributed by atoms with E-state index in [9.17, 15) is 0 Å². The molecule has 4 heteroatoms. The Morgan fingerprint density at radius 2 is 1.86 bits per heavy atom. The molecule has 3 rings (SSSR count). The zero-order valence-corrected chi connectivity index (χ0v) is 13.7. The summed E-state index contributed by atoms with van der Waals surface area (Å²) in [5.74, 6) is 1.66. The number of likely N-dealkylation sites (tertiary alicyclic amines) is 1. The van der Waals surface area contributed by atoms with Gasteiger partial charge in [-0.1, -0.05) is 19.8 Å². The van der Waals surface area contributed by atoms with Crippen LogP contribution in [-0.2, 0) is 4.74 Å². The Morgan fingerprint density at radius 1 is 1.05 bits per heavy atom. The van der Waals surface area contributed by atoms with E-state index in [1.165, 1.54) is 45.2 Å². The van der Waals surface area contributed by atoms with Crippen molar-refractivity contribution in [2.45, 2.75) is 51.1 Å². The first-order chi connectivity index (χ1) is 10.3. The van der Waals surface area contributed by atoms with Gasteiger partial charge in [0.05, 0.1) is 13.2 Å². The van der Waals surface area contributed by atoms with E-state index in [-0.39, 0.29) is 0 Å². The molecule has 0 amide bonds. The summed E-state index contributed by atoms with van der Waals surface area (Å²) in [5.41, 5.74) is 6.07. The van der Waals surface area contributed by atoms with Crippen molar-refractivity contribution in [3.8, 4) is 0 Å². The van der Waals surface area contributed by atoms with E-state index in [2.05, 4.69) is 16.7 Å². The summed E-state index contributed by atoms with van der Waals surface area (Å²) < 4.78 is 5.49. The molecule has 4 nitrogen and oxygen atoms in total. The summed E-state index contributed by atoms with van der Waals surface area (Å²) in [5, 5.41) is 0. The van der Waals surface area contributed by atoms with Gasteiger partial charge in [-0.15, -0.1) is 0 Å². The van der Waals surface area contributed by atoms with Crippen LogP contribution in [0.1, 0.15) is 39.0 Å². The molecule has 2 heterocycles. The molecule has 4 unspecified atom stereocenters. The van der Waals surface area contributed by atoms with Crippen LogP contribution in [-0.4, -0.2) is 67.8 Å². The molecule has 0 aromatic carbocycles. The van der Waals surface area contributed by atoms with Gasteiger partial charge in [0.2, 0.25) is 0 Å². The van der Waals surface area contributed by atoms with Gasteiger partial charge < -0.3 is 10.5 Å². The van der Waals surface area contributed by atoms with Crippen LogP contribution >= 0.6 is 0 Å². The molecule has 2 saturated heterocycles. The lowest BCUT2D eigenvalue weighted by atomic mass is 9.76. The fraction of sp³-hybridized carbons (Fsp3) is 1.00. The van der Waals surface area contributed by atoms with Gasteiger partial charge in [0.15, 0.2) is 0 Å². The van der Waals surface area contributed by atoms with Crippen molar-refractivity contribution in [2.75, 3.05) is 45.9 Å². The van der Waals surface area contributed by atoms with Crippen LogP contribution in [0.2, 0.25) is 0 Å². The third kappa shape index (κ3) is 3.61. The number of nitrogens with zero attached hydrogens (tertiary/aromatic N) is 2. The van der Waals surface area contributed by atoms with Gasteiger partial charge in [-0.25, -0.2) is 0 Å². The highest BCUT2D eigenvalue weighted by Crippen LogP contribution is 2.35. The molecular weight excluding hydrogens is 262 g/mol. The minimum Gasteiger partial charge on any atom is -0.379 e. The second kappa shape index (κ2) is 7.40. The summed E-state index contributed by atoms with van der Waals surface area (Å²) in [6.07, 6.45) is 6.81. The van der Waals surface area contributed by atoms with Crippen LogP contribution in [0.25, 0.3) is 0 Å². The smallest absolute Gasteiger partial charge is 0.0594 e. The zero-order chi connectivity index (χ0) is 14.7. The molecule has 0 aromatic heterocycles. The summed E-state index contributed by atoms with van der Waals surface area (Å²) in [6.45, 7) is 9.86. The maximum atomic E-state index is 6.07. The number of hydrogen-bond acceptors (Lipinski definition) is 4. The van der Waals surface area contributed by atoms with Crippen LogP contribution in [0.15, 0.2) is 0 Å². The second-order valence-electron chi connectivity index (χ2n) is 7.24. The Morgan fingerprint density at radius 3 is 2.57 bits per heavy atom. The van der Waals surface area contributed by atoms with Gasteiger partial charge in [-0.05, 0) is 37.6 Å². The van der Waals surface area contributed by atoms with Crippen molar-refractivity contribution >= 4 is 0 Å². The average molecular weight is 295 g/mol. The molecule has 1 aliphatic carbocycles. The van der Waals surface area contributed by atoms with Crippen molar-refractivity contribution in [3.05, 3.63) is 0 Å². The molecule has 0 radical (unpaired) electrons. The van der Waals surface area contributed by atoms with E-state index in [0.29, 0.717) is 0 Å². The third-order valence-corrected chi connectivity index (χ3v) is 6.17. The fourth-order valence-corrected chi connectivity index (χ4v) is 4.70. The monoisotopic (exact) mass is 295 g/mol. The summed E-state index contributed by atoms with van der Waals surface area (Å²) in [7, 11) is 0. The zero-order valence-electron chi connectivity index (χ0n) is 13.7. The largest absolute Gasteiger partial charge is 0.379 e. The SMILES string of the molecule is CCC1CCC(CN)C(N2CCC(N3CCOCC3)C2)C1. The normalized spacial score (nSPS) is 39.7. The molecule has 122 valence electrons. The summed E-state index contributed by atoms with van der Waals surface area (Å²) in [4.78, 5) is 5.43. The van der Waals surface area contributed by atoms with Crippen molar-refractivity contribution in [1.29, 1.82) is 0 Å². The van der Waals surface area contributed by atoms with Gasteiger partial charge in [-0.3, -0.25) is 9.80 Å². The van der Waals surface area contributed by atoms with Crippen LogP contribution in [0.4, 0.5) is 0 Å². The molecule has 2 aliphatic heterocycles. The van der Waals surface area contributed by atoms with Crippen molar-refractivity contribution in [3.63, 3.8) is 0 Å². The topological polar surface area (TPSA) is 41.7 Å². The lowest BCUT2D eigenvalue weighted by Gasteiger charge is -2.41. The van der Waals surface area contributed by atoms with Gasteiger partial charge in [-0.2, -0.15) is 0 Å². The molecule has 2 N–H and O–H groups in total. The Balaban J connectivity index is 1.57. The molecule has 21 heavy (non-hydrogen) atoms. The Kier molecular flexibility index (Phi) is 5.54. The Labute approximate surface area is 130 Å². The standard InChI is InChI=1S/C17H33N3O/c1-2-14-3-4-15(12-18)17(11-14)20-6-5-16(13-20)19-7-9-21-10-8-19/h14-17H,2-13,18H2,1H3. The van der Waals surface area contributed by atoms with Crippen LogP contribution in [0, 0.1) is 11.8 Å². The third-order valence-electron chi connectivity index (χ3n) is 6.17. The summed E-state index contributed by atoms with van der Waals surface area (Å²) in [6, 6.07) is 1.51. The Bertz CT molecular complexity index is 319. The van der Waals surface area contributed by atoms with Crippen molar-refractivity contribution in [1.82, 2.24) is 9.80 Å². The Hall–Kier alpha value is -0.160. The van der Waals surface area contributed by atoms with Crippen molar-refractivity contribution in [2.24, 2.45) is 17.6 Å². The van der Waals surface area contributed by atoms with E-state index in [1.54, 1.807) is 0 Å². The van der Waals surface area contributed by atoms with E-state index in [4.69, 9.17) is 10.5 Å². The number of nitrogens with two attached hydrogens (primary N) is 1. The predicted molar refractivity (Wildman–Crippen MR) is 86.3 cm³/mol. The quantitative estimate of drug-likeness (QED) is 0.854. The molecule has 3 fully saturated rings. The van der Waals surface area contributed by atoms with Gasteiger partial charge in [0, 0.05) is 38.3 Å². The predicted octanol–water partition coefficient (Wildman–Crippen LogP) is 1.55. The van der Waals surface area contributed by atoms with Gasteiger partial charge in [0.1, 0.15) is 0 Å². The van der Waals surface area contributed by atoms with Gasteiger partial charge in [0.25, 0.3) is 0 Å². The number of morpholine rings is 1. The van der Waals surface area contributed by atoms with Crippen molar-refractivity contribution < 1.29 is 4.74 Å². The fourth-order valence-electron chi connectivity index (χ4n) is 4.70. The van der Waals surface area contributed by atoms with E-state index in [1.807, 2.05) is 0 Å². The minimum absolute atomic E-state index is 0.733. The van der Waals surface area contributed by atoms with E-state index < -0.39 is 0 Å². The summed E-state index contributed by atoms with van der Waals surface area (Å²) >= 11 is 0. The average Bonchev–Trinajstić information content (AvgIpc) is 3.05. The number of rotatable bonds is 4. The molecule has 3 aliphatic rings. The lowest BCUT2D eigenvalue weighted by Crippen LogP contribution is -2.49.